The van der Waals surface area contributed by atoms with Crippen LogP contribution in [0.1, 0.15) is 45.4 Å². The molecule has 1 aromatic rings. The van der Waals surface area contributed by atoms with Gasteiger partial charge in [-0.1, -0.05) is 13.8 Å². The summed E-state index contributed by atoms with van der Waals surface area (Å²) in [5.74, 6) is 0.876. The van der Waals surface area contributed by atoms with Gasteiger partial charge in [0.15, 0.2) is 4.67 Å². The van der Waals surface area contributed by atoms with Gasteiger partial charge in [0, 0.05) is 6.54 Å². The van der Waals surface area contributed by atoms with E-state index in [2.05, 4.69) is 21.2 Å². The minimum Gasteiger partial charge on any atom is -0.453 e. The number of furan rings is 1. The van der Waals surface area contributed by atoms with E-state index in [4.69, 9.17) is 4.42 Å². The Morgan fingerprint density at radius 3 is 2.50 bits per heavy atom. The van der Waals surface area contributed by atoms with Gasteiger partial charge in [-0.15, -0.1) is 0 Å². The normalized spacial score (nSPS) is 14.1. The third-order valence-electron chi connectivity index (χ3n) is 3.07. The lowest BCUT2D eigenvalue weighted by molar-refractivity contribution is 0.0297. The third kappa shape index (κ3) is 3.61. The lowest BCUT2D eigenvalue weighted by atomic mass is 9.97. The minimum atomic E-state index is -0.613. The van der Waals surface area contributed by atoms with E-state index < -0.39 is 5.60 Å². The molecule has 1 heterocycles. The van der Waals surface area contributed by atoms with Crippen LogP contribution in [0.2, 0.25) is 0 Å². The first-order valence-corrected chi connectivity index (χ1v) is 6.51. The van der Waals surface area contributed by atoms with E-state index >= 15 is 0 Å². The summed E-state index contributed by atoms with van der Waals surface area (Å²) in [6, 6.07) is 3.91. The molecule has 0 aromatic carbocycles. The summed E-state index contributed by atoms with van der Waals surface area (Å²) in [7, 11) is 0. The van der Waals surface area contributed by atoms with Crippen molar-refractivity contribution in [2.45, 2.75) is 45.3 Å². The van der Waals surface area contributed by atoms with Crippen LogP contribution in [0, 0.1) is 0 Å². The molecule has 0 amide bonds. The smallest absolute Gasteiger partial charge is 0.169 e. The summed E-state index contributed by atoms with van der Waals surface area (Å²) in [4.78, 5) is 0. The van der Waals surface area contributed by atoms with Crippen molar-refractivity contribution in [3.8, 4) is 0 Å². The van der Waals surface area contributed by atoms with Crippen LogP contribution in [-0.2, 0) is 0 Å². The molecule has 0 fully saturated rings. The van der Waals surface area contributed by atoms with Crippen molar-refractivity contribution in [1.29, 1.82) is 0 Å². The second-order valence-corrected chi connectivity index (χ2v) is 4.96. The zero-order valence-corrected chi connectivity index (χ0v) is 11.7. The molecule has 3 nitrogen and oxygen atoms in total. The molecule has 1 rings (SSSR count). The summed E-state index contributed by atoms with van der Waals surface area (Å²) in [5.41, 5.74) is -0.613. The molecule has 0 bridgehead atoms. The number of hydrogen-bond donors (Lipinski definition) is 2. The molecular weight excluding hydrogens is 270 g/mol. The van der Waals surface area contributed by atoms with Gasteiger partial charge in [-0.2, -0.15) is 0 Å². The summed E-state index contributed by atoms with van der Waals surface area (Å²) >= 11 is 3.27. The van der Waals surface area contributed by atoms with Crippen molar-refractivity contribution < 1.29 is 9.52 Å². The lowest BCUT2D eigenvalue weighted by Crippen LogP contribution is -2.40. The van der Waals surface area contributed by atoms with Crippen molar-refractivity contribution in [2.24, 2.45) is 0 Å². The van der Waals surface area contributed by atoms with Crippen molar-refractivity contribution in [3.63, 3.8) is 0 Å². The molecule has 4 heteroatoms. The molecule has 0 aliphatic carbocycles. The maximum Gasteiger partial charge on any atom is 0.169 e. The monoisotopic (exact) mass is 289 g/mol. The molecule has 2 N–H and O–H groups in total. The minimum absolute atomic E-state index is 0.107. The van der Waals surface area contributed by atoms with Crippen molar-refractivity contribution in [2.75, 3.05) is 6.54 Å². The number of hydrogen-bond acceptors (Lipinski definition) is 3. The standard InChI is InChI=1S/C12H20BrNO2/c1-4-12(15,5-2)8-14-9(3)10-6-7-11(13)16-10/h6-7,9,14-15H,4-5,8H2,1-3H3. The lowest BCUT2D eigenvalue weighted by Gasteiger charge is -2.27. The summed E-state index contributed by atoms with van der Waals surface area (Å²) in [6.45, 7) is 6.61. The molecule has 0 saturated heterocycles. The second-order valence-electron chi connectivity index (χ2n) is 4.18. The van der Waals surface area contributed by atoms with Crippen molar-refractivity contribution >= 4 is 15.9 Å². The zero-order valence-electron chi connectivity index (χ0n) is 10.1. The third-order valence-corrected chi connectivity index (χ3v) is 3.50. The van der Waals surface area contributed by atoms with Crippen LogP contribution in [0.4, 0.5) is 0 Å². The molecule has 0 aliphatic heterocycles. The van der Waals surface area contributed by atoms with E-state index in [0.29, 0.717) is 6.54 Å². The van der Waals surface area contributed by atoms with Crippen LogP contribution >= 0.6 is 15.9 Å². The Kier molecular flexibility index (Phi) is 5.02. The first kappa shape index (κ1) is 13.7. The van der Waals surface area contributed by atoms with E-state index in [9.17, 15) is 5.11 Å². The van der Waals surface area contributed by atoms with Gasteiger partial charge in [-0.05, 0) is 47.8 Å². The predicted molar refractivity (Wildman–Crippen MR) is 68.4 cm³/mol. The second kappa shape index (κ2) is 5.84. The largest absolute Gasteiger partial charge is 0.453 e. The molecule has 92 valence electrons. The molecule has 16 heavy (non-hydrogen) atoms. The van der Waals surface area contributed by atoms with Gasteiger partial charge in [-0.3, -0.25) is 0 Å². The molecule has 1 aromatic heterocycles. The van der Waals surface area contributed by atoms with Gasteiger partial charge in [0.25, 0.3) is 0 Å². The van der Waals surface area contributed by atoms with E-state index in [1.165, 1.54) is 0 Å². The Morgan fingerprint density at radius 1 is 1.44 bits per heavy atom. The molecular formula is C12H20BrNO2. The highest BCUT2D eigenvalue weighted by atomic mass is 79.9. The van der Waals surface area contributed by atoms with Gasteiger partial charge < -0.3 is 14.8 Å². The Labute approximate surface area is 105 Å². The Morgan fingerprint density at radius 2 is 2.06 bits per heavy atom. The quantitative estimate of drug-likeness (QED) is 0.845. The highest BCUT2D eigenvalue weighted by molar-refractivity contribution is 9.10. The van der Waals surface area contributed by atoms with Gasteiger partial charge in [0.1, 0.15) is 5.76 Å². The molecule has 0 radical (unpaired) electrons. The van der Waals surface area contributed by atoms with Crippen LogP contribution in [0.3, 0.4) is 0 Å². The van der Waals surface area contributed by atoms with E-state index in [-0.39, 0.29) is 6.04 Å². The average Bonchev–Trinajstić information content (AvgIpc) is 2.72. The predicted octanol–water partition coefficient (Wildman–Crippen LogP) is 3.24. The Hall–Kier alpha value is -0.320. The maximum atomic E-state index is 10.1. The number of halogens is 1. The van der Waals surface area contributed by atoms with Gasteiger partial charge in [0.05, 0.1) is 11.6 Å². The molecule has 0 aliphatic rings. The fraction of sp³-hybridized carbons (Fsp3) is 0.667. The van der Waals surface area contributed by atoms with E-state index in [0.717, 1.165) is 23.3 Å². The highest BCUT2D eigenvalue weighted by Crippen LogP contribution is 2.21. The summed E-state index contributed by atoms with van der Waals surface area (Å²) in [5, 5.41) is 13.4. The Balaban J connectivity index is 2.49. The molecule has 0 saturated carbocycles. The highest BCUT2D eigenvalue weighted by Gasteiger charge is 2.23. The van der Waals surface area contributed by atoms with E-state index in [1.54, 1.807) is 0 Å². The van der Waals surface area contributed by atoms with Crippen LogP contribution < -0.4 is 5.32 Å². The van der Waals surface area contributed by atoms with Crippen LogP contribution in [-0.4, -0.2) is 17.3 Å². The van der Waals surface area contributed by atoms with E-state index in [1.807, 2.05) is 32.9 Å². The Bertz CT molecular complexity index is 321. The maximum absolute atomic E-state index is 10.1. The number of nitrogens with one attached hydrogen (secondary N) is 1. The van der Waals surface area contributed by atoms with Crippen LogP contribution in [0.15, 0.2) is 21.2 Å². The molecule has 0 spiro atoms. The van der Waals surface area contributed by atoms with Gasteiger partial charge in [0.2, 0.25) is 0 Å². The van der Waals surface area contributed by atoms with Gasteiger partial charge in [-0.25, -0.2) is 0 Å². The first-order chi connectivity index (χ1) is 7.50. The summed E-state index contributed by atoms with van der Waals surface area (Å²) in [6.07, 6.45) is 1.51. The zero-order chi connectivity index (χ0) is 12.2. The topological polar surface area (TPSA) is 45.4 Å². The SMILES string of the molecule is CCC(O)(CC)CNC(C)c1ccc(Br)o1. The first-order valence-electron chi connectivity index (χ1n) is 5.71. The fourth-order valence-corrected chi connectivity index (χ4v) is 1.82. The number of rotatable bonds is 6. The molecule has 1 unspecified atom stereocenters. The average molecular weight is 290 g/mol. The summed E-state index contributed by atoms with van der Waals surface area (Å²) < 4.78 is 6.18. The fourth-order valence-electron chi connectivity index (χ4n) is 1.50. The van der Waals surface area contributed by atoms with Crippen molar-refractivity contribution in [3.05, 3.63) is 22.6 Å². The van der Waals surface area contributed by atoms with Gasteiger partial charge >= 0.3 is 0 Å². The van der Waals surface area contributed by atoms with Crippen molar-refractivity contribution in [1.82, 2.24) is 5.32 Å². The molecule has 1 atom stereocenters. The van der Waals surface area contributed by atoms with Crippen LogP contribution in [0.25, 0.3) is 0 Å². The number of aliphatic hydroxyl groups is 1. The van der Waals surface area contributed by atoms with Crippen LogP contribution in [0.5, 0.6) is 0 Å².